The zero-order valence-corrected chi connectivity index (χ0v) is 24.3. The summed E-state index contributed by atoms with van der Waals surface area (Å²) < 4.78 is 47.4. The van der Waals surface area contributed by atoms with Gasteiger partial charge in [-0.1, -0.05) is 66.5 Å². The van der Waals surface area contributed by atoms with Gasteiger partial charge in [-0.15, -0.1) is 0 Å². The van der Waals surface area contributed by atoms with Crippen molar-refractivity contribution in [1.29, 1.82) is 0 Å². The molecule has 0 spiro atoms. The topological polar surface area (TPSA) is 55.4 Å². The molecule has 0 unspecified atom stereocenters. The Bertz CT molecular complexity index is 1410. The Morgan fingerprint density at radius 3 is 2.27 bits per heavy atom. The first kappa shape index (κ1) is 30.2. The number of halogens is 5. The summed E-state index contributed by atoms with van der Waals surface area (Å²) in [5, 5.41) is 4.62. The molecule has 4 nitrogen and oxygen atoms in total. The Labute approximate surface area is 242 Å². The standard InChI is InChI=1S/C31H32Cl2F3NO3/c1-17(31(34,35)36)28(21-10-12-22-19(14-21)6-5-7-24(22)32)29(39)37-26-15-20(11-13-25(26)33)23(18-8-9-18)16-27(38)40-30(2,3)4/h5-7,10-15,17-18,23,28H,8-9,16H2,1-4H3,(H,37,39)/t17-,23+,28-/m1/s1. The molecule has 0 bridgehead atoms. The summed E-state index contributed by atoms with van der Waals surface area (Å²) in [6.45, 7) is 6.40. The van der Waals surface area contributed by atoms with Crippen LogP contribution in [0.15, 0.2) is 54.6 Å². The molecule has 0 heterocycles. The summed E-state index contributed by atoms with van der Waals surface area (Å²) in [6.07, 6.45) is -2.56. The molecule has 1 aliphatic carbocycles. The monoisotopic (exact) mass is 593 g/mol. The molecule has 3 atom stereocenters. The van der Waals surface area contributed by atoms with Gasteiger partial charge in [0.05, 0.1) is 29.0 Å². The maximum Gasteiger partial charge on any atom is 0.392 e. The molecule has 1 aliphatic rings. The summed E-state index contributed by atoms with van der Waals surface area (Å²) >= 11 is 12.6. The summed E-state index contributed by atoms with van der Waals surface area (Å²) in [7, 11) is 0. The highest BCUT2D eigenvalue weighted by Crippen LogP contribution is 2.46. The largest absolute Gasteiger partial charge is 0.460 e. The normalized spacial score (nSPS) is 16.3. The van der Waals surface area contributed by atoms with Gasteiger partial charge in [0.2, 0.25) is 5.91 Å². The van der Waals surface area contributed by atoms with E-state index >= 15 is 0 Å². The molecule has 0 aromatic heterocycles. The Morgan fingerprint density at radius 2 is 1.65 bits per heavy atom. The number of ether oxygens (including phenoxy) is 1. The van der Waals surface area contributed by atoms with E-state index in [1.54, 1.807) is 69.3 Å². The molecular weight excluding hydrogens is 562 g/mol. The van der Waals surface area contributed by atoms with Crippen LogP contribution in [0.5, 0.6) is 0 Å². The molecule has 0 saturated heterocycles. The Kier molecular flexibility index (Phi) is 8.77. The van der Waals surface area contributed by atoms with Crippen molar-refractivity contribution in [3.05, 3.63) is 75.8 Å². The van der Waals surface area contributed by atoms with E-state index < -0.39 is 29.5 Å². The first-order chi connectivity index (χ1) is 18.6. The second kappa shape index (κ2) is 11.6. The number of hydrogen-bond donors (Lipinski definition) is 1. The summed E-state index contributed by atoms with van der Waals surface area (Å²) in [5.41, 5.74) is 0.559. The molecule has 1 saturated carbocycles. The molecule has 40 heavy (non-hydrogen) atoms. The van der Waals surface area contributed by atoms with Crippen molar-refractivity contribution >= 4 is 51.5 Å². The number of anilines is 1. The number of hydrogen-bond acceptors (Lipinski definition) is 3. The minimum atomic E-state index is -4.62. The number of amides is 1. The molecule has 1 N–H and O–H groups in total. The highest BCUT2D eigenvalue weighted by atomic mass is 35.5. The average molecular weight is 595 g/mol. The van der Waals surface area contributed by atoms with Crippen LogP contribution in [-0.2, 0) is 14.3 Å². The molecule has 1 amide bonds. The molecule has 4 rings (SSSR count). The minimum Gasteiger partial charge on any atom is -0.460 e. The van der Waals surface area contributed by atoms with E-state index in [0.29, 0.717) is 15.8 Å². The van der Waals surface area contributed by atoms with Gasteiger partial charge in [0.15, 0.2) is 0 Å². The van der Waals surface area contributed by atoms with Crippen molar-refractivity contribution in [2.45, 2.75) is 70.6 Å². The van der Waals surface area contributed by atoms with Gasteiger partial charge in [0.1, 0.15) is 5.60 Å². The highest BCUT2D eigenvalue weighted by molar-refractivity contribution is 6.35. The van der Waals surface area contributed by atoms with Gasteiger partial charge in [0.25, 0.3) is 0 Å². The van der Waals surface area contributed by atoms with Crippen molar-refractivity contribution in [3.8, 4) is 0 Å². The lowest BCUT2D eigenvalue weighted by atomic mass is 9.84. The van der Waals surface area contributed by atoms with Gasteiger partial charge in [-0.25, -0.2) is 0 Å². The van der Waals surface area contributed by atoms with Crippen molar-refractivity contribution in [2.75, 3.05) is 5.32 Å². The van der Waals surface area contributed by atoms with E-state index in [1.807, 2.05) is 0 Å². The molecule has 214 valence electrons. The van der Waals surface area contributed by atoms with E-state index in [9.17, 15) is 22.8 Å². The fourth-order valence-electron chi connectivity index (χ4n) is 5.01. The van der Waals surface area contributed by atoms with E-state index in [0.717, 1.165) is 25.3 Å². The van der Waals surface area contributed by atoms with Crippen molar-refractivity contribution in [3.63, 3.8) is 0 Å². The quantitative estimate of drug-likeness (QED) is 0.265. The van der Waals surface area contributed by atoms with Gasteiger partial charge in [-0.05, 0) is 80.2 Å². The maximum absolute atomic E-state index is 14.0. The lowest BCUT2D eigenvalue weighted by Crippen LogP contribution is -2.34. The number of carbonyl (C=O) groups is 2. The summed E-state index contributed by atoms with van der Waals surface area (Å²) in [5.74, 6) is -4.56. The van der Waals surface area contributed by atoms with E-state index in [4.69, 9.17) is 27.9 Å². The molecule has 0 aliphatic heterocycles. The number of rotatable bonds is 8. The predicted octanol–water partition coefficient (Wildman–Crippen LogP) is 9.29. The first-order valence-corrected chi connectivity index (χ1v) is 14.0. The molecular formula is C31H32Cl2F3NO3. The number of alkyl halides is 3. The predicted molar refractivity (Wildman–Crippen MR) is 153 cm³/mol. The van der Waals surface area contributed by atoms with Crippen molar-refractivity contribution in [2.24, 2.45) is 11.8 Å². The van der Waals surface area contributed by atoms with Crippen molar-refractivity contribution in [1.82, 2.24) is 0 Å². The van der Waals surface area contributed by atoms with Crippen molar-refractivity contribution < 1.29 is 27.5 Å². The fraction of sp³-hybridized carbons (Fsp3) is 0.419. The smallest absolute Gasteiger partial charge is 0.392 e. The number of fused-ring (bicyclic) bond motifs is 1. The first-order valence-electron chi connectivity index (χ1n) is 13.2. The van der Waals surface area contributed by atoms with Crippen LogP contribution in [0.3, 0.4) is 0 Å². The lowest BCUT2D eigenvalue weighted by Gasteiger charge is -2.27. The third-order valence-corrected chi connectivity index (χ3v) is 7.84. The Balaban J connectivity index is 1.65. The summed E-state index contributed by atoms with van der Waals surface area (Å²) in [6, 6.07) is 14.9. The second-order valence-corrected chi connectivity index (χ2v) is 12.3. The second-order valence-electron chi connectivity index (χ2n) is 11.5. The zero-order chi connectivity index (χ0) is 29.4. The van der Waals surface area contributed by atoms with Crippen LogP contribution >= 0.6 is 23.2 Å². The molecule has 3 aromatic rings. The zero-order valence-electron chi connectivity index (χ0n) is 22.7. The van der Waals surface area contributed by atoms with E-state index in [-0.39, 0.29) is 40.5 Å². The van der Waals surface area contributed by atoms with Gasteiger partial charge >= 0.3 is 12.1 Å². The number of carbonyl (C=O) groups excluding carboxylic acids is 2. The Hall–Kier alpha value is -2.77. The van der Waals surface area contributed by atoms with Crippen LogP contribution in [0.1, 0.15) is 69.9 Å². The maximum atomic E-state index is 14.0. The third-order valence-electron chi connectivity index (χ3n) is 7.18. The molecule has 0 radical (unpaired) electrons. The number of nitrogens with one attached hydrogen (secondary N) is 1. The van der Waals surface area contributed by atoms with E-state index in [2.05, 4.69) is 5.32 Å². The SMILES string of the molecule is C[C@H]([C@@H](C(=O)Nc1cc([C@@H](CC(=O)OC(C)(C)C)C2CC2)ccc1Cl)c1ccc2c(Cl)cccc2c1)C(F)(F)F. The third kappa shape index (κ3) is 7.29. The van der Waals surface area contributed by atoms with Gasteiger partial charge in [0, 0.05) is 10.4 Å². The van der Waals surface area contributed by atoms with Gasteiger partial charge in [-0.2, -0.15) is 13.2 Å². The summed E-state index contributed by atoms with van der Waals surface area (Å²) in [4.78, 5) is 26.1. The van der Waals surface area contributed by atoms with Crippen LogP contribution in [0.25, 0.3) is 10.8 Å². The van der Waals surface area contributed by atoms with Crippen LogP contribution in [-0.4, -0.2) is 23.7 Å². The highest BCUT2D eigenvalue weighted by Gasteiger charge is 2.45. The minimum absolute atomic E-state index is 0.155. The Morgan fingerprint density at radius 1 is 0.975 bits per heavy atom. The number of benzene rings is 3. The lowest BCUT2D eigenvalue weighted by molar-refractivity contribution is -0.178. The van der Waals surface area contributed by atoms with Crippen LogP contribution in [0.4, 0.5) is 18.9 Å². The molecule has 9 heteroatoms. The molecule has 3 aromatic carbocycles. The van der Waals surface area contributed by atoms with Crippen LogP contribution in [0.2, 0.25) is 10.0 Å². The fourth-order valence-corrected chi connectivity index (χ4v) is 5.42. The van der Waals surface area contributed by atoms with Gasteiger partial charge in [-0.3, -0.25) is 9.59 Å². The van der Waals surface area contributed by atoms with E-state index in [1.165, 1.54) is 6.07 Å². The number of esters is 1. The molecule has 1 fully saturated rings. The average Bonchev–Trinajstić information content (AvgIpc) is 3.68. The van der Waals surface area contributed by atoms with Crippen LogP contribution in [0, 0.1) is 11.8 Å². The van der Waals surface area contributed by atoms with Crippen LogP contribution < -0.4 is 5.32 Å². The van der Waals surface area contributed by atoms with Gasteiger partial charge < -0.3 is 10.1 Å².